The fraction of sp³-hybridized carbons (Fsp3) is 0.200. The van der Waals surface area contributed by atoms with E-state index in [-0.39, 0.29) is 11.7 Å². The zero-order valence-electron chi connectivity index (χ0n) is 11.8. The van der Waals surface area contributed by atoms with Crippen molar-refractivity contribution in [3.63, 3.8) is 0 Å². The van der Waals surface area contributed by atoms with E-state index in [9.17, 15) is 10.1 Å². The Kier molecular flexibility index (Phi) is 4.33. The van der Waals surface area contributed by atoms with Gasteiger partial charge in [-0.05, 0) is 24.6 Å². The molecule has 0 amide bonds. The Hall–Kier alpha value is -2.27. The van der Waals surface area contributed by atoms with Crippen LogP contribution < -0.4 is 10.6 Å². The summed E-state index contributed by atoms with van der Waals surface area (Å²) in [6, 6.07) is 12.0. The van der Waals surface area contributed by atoms with Crippen molar-refractivity contribution < 1.29 is 4.92 Å². The molecule has 0 fully saturated rings. The molecule has 110 valence electrons. The maximum Gasteiger partial charge on any atom is 0.271 e. The fourth-order valence-electron chi connectivity index (χ4n) is 2.21. The van der Waals surface area contributed by atoms with E-state index in [1.54, 1.807) is 6.07 Å². The standard InChI is InChI=1S/C15H16ClN3O2/c1-10(12-5-3-4-6-13(12)16)18(2)15-8-7-11(19(20)21)9-14(15)17/h3-10H,17H2,1-2H3. The fourth-order valence-corrected chi connectivity index (χ4v) is 2.50. The van der Waals surface area contributed by atoms with Gasteiger partial charge in [0.2, 0.25) is 0 Å². The van der Waals surface area contributed by atoms with E-state index in [4.69, 9.17) is 17.3 Å². The van der Waals surface area contributed by atoms with Crippen LogP contribution in [0.1, 0.15) is 18.5 Å². The van der Waals surface area contributed by atoms with E-state index >= 15 is 0 Å². The molecule has 0 bridgehead atoms. The van der Waals surface area contributed by atoms with Crippen molar-refractivity contribution in [2.24, 2.45) is 0 Å². The van der Waals surface area contributed by atoms with Crippen molar-refractivity contribution in [1.29, 1.82) is 0 Å². The van der Waals surface area contributed by atoms with Crippen LogP contribution in [0.15, 0.2) is 42.5 Å². The maximum atomic E-state index is 10.8. The van der Waals surface area contributed by atoms with Gasteiger partial charge in [0.25, 0.3) is 5.69 Å². The molecule has 0 aliphatic heterocycles. The van der Waals surface area contributed by atoms with Crippen molar-refractivity contribution in [3.05, 3.63) is 63.2 Å². The number of anilines is 2. The van der Waals surface area contributed by atoms with Crippen LogP contribution in [0.4, 0.5) is 17.1 Å². The van der Waals surface area contributed by atoms with Crippen LogP contribution in [0, 0.1) is 10.1 Å². The van der Waals surface area contributed by atoms with Crippen LogP contribution in [0.2, 0.25) is 5.02 Å². The van der Waals surface area contributed by atoms with Crippen LogP contribution in [-0.2, 0) is 0 Å². The lowest BCUT2D eigenvalue weighted by Gasteiger charge is -2.29. The summed E-state index contributed by atoms with van der Waals surface area (Å²) in [5, 5.41) is 11.4. The van der Waals surface area contributed by atoms with E-state index in [1.807, 2.05) is 43.1 Å². The first-order valence-corrected chi connectivity index (χ1v) is 6.80. The van der Waals surface area contributed by atoms with Crippen LogP contribution in [0.25, 0.3) is 0 Å². The zero-order chi connectivity index (χ0) is 15.6. The molecule has 0 aromatic heterocycles. The van der Waals surface area contributed by atoms with E-state index in [2.05, 4.69) is 0 Å². The number of nitro groups is 1. The summed E-state index contributed by atoms with van der Waals surface area (Å²) in [6.07, 6.45) is 0. The number of halogens is 1. The Morgan fingerprint density at radius 1 is 1.29 bits per heavy atom. The molecule has 2 aromatic rings. The molecular formula is C15H16ClN3O2. The summed E-state index contributed by atoms with van der Waals surface area (Å²) in [6.45, 7) is 2.00. The van der Waals surface area contributed by atoms with Crippen LogP contribution in [0.5, 0.6) is 0 Å². The Labute approximate surface area is 128 Å². The summed E-state index contributed by atoms with van der Waals surface area (Å²) in [4.78, 5) is 12.2. The molecule has 0 saturated carbocycles. The highest BCUT2D eigenvalue weighted by molar-refractivity contribution is 6.31. The molecule has 0 radical (unpaired) electrons. The quantitative estimate of drug-likeness (QED) is 0.526. The number of rotatable bonds is 4. The molecule has 0 aliphatic rings. The lowest BCUT2D eigenvalue weighted by atomic mass is 10.1. The predicted molar refractivity (Wildman–Crippen MR) is 85.8 cm³/mol. The van der Waals surface area contributed by atoms with Gasteiger partial charge in [-0.3, -0.25) is 10.1 Å². The SMILES string of the molecule is CC(c1ccccc1Cl)N(C)c1ccc([N+](=O)[O-])cc1N. The van der Waals surface area contributed by atoms with Gasteiger partial charge in [0.15, 0.2) is 0 Å². The second-order valence-electron chi connectivity index (χ2n) is 4.81. The smallest absolute Gasteiger partial charge is 0.271 e. The lowest BCUT2D eigenvalue weighted by Crippen LogP contribution is -2.22. The minimum Gasteiger partial charge on any atom is -0.397 e. The van der Waals surface area contributed by atoms with Crippen LogP contribution in [0.3, 0.4) is 0 Å². The average Bonchev–Trinajstić information content (AvgIpc) is 2.46. The highest BCUT2D eigenvalue weighted by Gasteiger charge is 2.18. The Morgan fingerprint density at radius 2 is 1.95 bits per heavy atom. The molecule has 21 heavy (non-hydrogen) atoms. The van der Waals surface area contributed by atoms with Crippen LogP contribution >= 0.6 is 11.6 Å². The Morgan fingerprint density at radius 3 is 2.52 bits per heavy atom. The van der Waals surface area contributed by atoms with Gasteiger partial charge >= 0.3 is 0 Å². The Balaban J connectivity index is 2.34. The normalized spacial score (nSPS) is 12.0. The number of hydrogen-bond acceptors (Lipinski definition) is 4. The molecule has 6 heteroatoms. The lowest BCUT2D eigenvalue weighted by molar-refractivity contribution is -0.384. The number of nitrogens with zero attached hydrogens (tertiary/aromatic N) is 2. The largest absolute Gasteiger partial charge is 0.397 e. The Bertz CT molecular complexity index is 676. The molecule has 2 N–H and O–H groups in total. The number of nitro benzene ring substituents is 1. The predicted octanol–water partition coefficient (Wildman–Crippen LogP) is 4.03. The molecular weight excluding hydrogens is 290 g/mol. The summed E-state index contributed by atoms with van der Waals surface area (Å²) in [5.41, 5.74) is 7.98. The third-order valence-electron chi connectivity index (χ3n) is 3.54. The number of hydrogen-bond donors (Lipinski definition) is 1. The van der Waals surface area contributed by atoms with E-state index < -0.39 is 4.92 Å². The average molecular weight is 306 g/mol. The second-order valence-corrected chi connectivity index (χ2v) is 5.22. The van der Waals surface area contributed by atoms with Gasteiger partial charge in [0, 0.05) is 24.2 Å². The van der Waals surface area contributed by atoms with Gasteiger partial charge in [-0.25, -0.2) is 0 Å². The highest BCUT2D eigenvalue weighted by Crippen LogP contribution is 2.34. The molecule has 0 spiro atoms. The number of nitrogen functional groups attached to an aromatic ring is 1. The summed E-state index contributed by atoms with van der Waals surface area (Å²) >= 11 is 6.21. The van der Waals surface area contributed by atoms with Crippen LogP contribution in [-0.4, -0.2) is 12.0 Å². The van der Waals surface area contributed by atoms with Crippen molar-refractivity contribution in [2.45, 2.75) is 13.0 Å². The second kappa shape index (κ2) is 6.01. The topological polar surface area (TPSA) is 72.4 Å². The van der Waals surface area contributed by atoms with Gasteiger partial charge in [0.1, 0.15) is 0 Å². The first-order chi connectivity index (χ1) is 9.91. The monoisotopic (exact) mass is 305 g/mol. The summed E-state index contributed by atoms with van der Waals surface area (Å²) < 4.78 is 0. The first kappa shape index (κ1) is 15.1. The van der Waals surface area contributed by atoms with E-state index in [0.29, 0.717) is 10.7 Å². The molecule has 0 heterocycles. The molecule has 5 nitrogen and oxygen atoms in total. The molecule has 2 aromatic carbocycles. The molecule has 2 rings (SSSR count). The summed E-state index contributed by atoms with van der Waals surface area (Å²) in [7, 11) is 1.88. The minimum absolute atomic E-state index is 0.0116. The third-order valence-corrected chi connectivity index (χ3v) is 3.88. The van der Waals surface area contributed by atoms with Gasteiger partial charge in [0.05, 0.1) is 22.3 Å². The van der Waals surface area contributed by atoms with Gasteiger partial charge in [-0.15, -0.1) is 0 Å². The third kappa shape index (κ3) is 3.08. The van der Waals surface area contributed by atoms with Gasteiger partial charge in [-0.1, -0.05) is 29.8 Å². The van der Waals surface area contributed by atoms with Crippen molar-refractivity contribution in [1.82, 2.24) is 0 Å². The summed E-state index contributed by atoms with van der Waals surface area (Å²) in [5.74, 6) is 0. The zero-order valence-corrected chi connectivity index (χ0v) is 12.5. The van der Waals surface area contributed by atoms with E-state index in [0.717, 1.165) is 11.3 Å². The minimum atomic E-state index is -0.461. The van der Waals surface area contributed by atoms with Crippen molar-refractivity contribution in [2.75, 3.05) is 17.7 Å². The number of benzene rings is 2. The maximum absolute atomic E-state index is 10.8. The van der Waals surface area contributed by atoms with Crippen molar-refractivity contribution >= 4 is 28.7 Å². The first-order valence-electron chi connectivity index (χ1n) is 6.43. The van der Waals surface area contributed by atoms with E-state index in [1.165, 1.54) is 12.1 Å². The number of nitrogens with two attached hydrogens (primary N) is 1. The van der Waals surface area contributed by atoms with Crippen molar-refractivity contribution in [3.8, 4) is 0 Å². The molecule has 1 atom stereocenters. The molecule has 0 saturated heterocycles. The van der Waals surface area contributed by atoms with Gasteiger partial charge in [-0.2, -0.15) is 0 Å². The highest BCUT2D eigenvalue weighted by atomic mass is 35.5. The molecule has 1 unspecified atom stereocenters. The van der Waals surface area contributed by atoms with Gasteiger partial charge < -0.3 is 10.6 Å². The molecule has 0 aliphatic carbocycles. The number of non-ortho nitro benzene ring substituents is 1.